The lowest BCUT2D eigenvalue weighted by Crippen LogP contribution is -2.25. The molecule has 0 bridgehead atoms. The summed E-state index contributed by atoms with van der Waals surface area (Å²) in [5.74, 6) is 0.579. The lowest BCUT2D eigenvalue weighted by molar-refractivity contribution is -0.116. The van der Waals surface area contributed by atoms with Gasteiger partial charge in [0.25, 0.3) is 5.56 Å². The van der Waals surface area contributed by atoms with Crippen molar-refractivity contribution >= 4 is 22.6 Å². The summed E-state index contributed by atoms with van der Waals surface area (Å²) >= 11 is 0. The Balaban J connectivity index is 1.63. The van der Waals surface area contributed by atoms with Crippen LogP contribution in [0.4, 0.5) is 5.69 Å². The average molecular weight is 431 g/mol. The first-order valence-corrected chi connectivity index (χ1v) is 10.5. The molecule has 1 amide bonds. The molecule has 0 spiro atoms. The molecule has 4 aromatic rings. The van der Waals surface area contributed by atoms with E-state index >= 15 is 0 Å². The standard InChI is InChI=1S/C25H26N4O3/c1-16-21(14-15-22(30)26-18-10-12-20(32-4)13-11-18)25(31)28(3)24-23(16)17(2)27-29(24)19-8-6-5-7-9-19/h5-13H,14-15H2,1-4H3,(H,26,30). The molecule has 0 fully saturated rings. The van der Waals surface area contributed by atoms with Crippen LogP contribution >= 0.6 is 0 Å². The van der Waals surface area contributed by atoms with Crippen molar-refractivity contribution in [3.05, 3.63) is 81.8 Å². The van der Waals surface area contributed by atoms with E-state index in [1.165, 1.54) is 0 Å². The fourth-order valence-electron chi connectivity index (χ4n) is 4.05. The third-order valence-corrected chi connectivity index (χ3v) is 5.72. The van der Waals surface area contributed by atoms with Crippen LogP contribution in [-0.4, -0.2) is 27.4 Å². The first kappa shape index (κ1) is 21.4. The number of methoxy groups -OCH3 is 1. The van der Waals surface area contributed by atoms with Gasteiger partial charge in [0, 0.05) is 30.1 Å². The fourth-order valence-corrected chi connectivity index (χ4v) is 4.05. The quantitative estimate of drug-likeness (QED) is 0.503. The minimum Gasteiger partial charge on any atom is -0.497 e. The second kappa shape index (κ2) is 8.70. The number of benzene rings is 2. The Morgan fingerprint density at radius 2 is 1.75 bits per heavy atom. The van der Waals surface area contributed by atoms with Crippen LogP contribution in [-0.2, 0) is 18.3 Å². The topological polar surface area (TPSA) is 78.2 Å². The van der Waals surface area contributed by atoms with Crippen molar-refractivity contribution in [3.8, 4) is 11.4 Å². The number of para-hydroxylation sites is 1. The number of nitrogens with one attached hydrogen (secondary N) is 1. The molecule has 0 saturated heterocycles. The highest BCUT2D eigenvalue weighted by Crippen LogP contribution is 2.26. The van der Waals surface area contributed by atoms with Gasteiger partial charge in [-0.15, -0.1) is 0 Å². The maximum absolute atomic E-state index is 13.2. The van der Waals surface area contributed by atoms with Crippen molar-refractivity contribution in [2.45, 2.75) is 26.7 Å². The first-order chi connectivity index (χ1) is 15.4. The number of amides is 1. The molecule has 32 heavy (non-hydrogen) atoms. The van der Waals surface area contributed by atoms with Gasteiger partial charge in [0.05, 0.1) is 18.5 Å². The molecule has 0 aliphatic rings. The zero-order valence-electron chi connectivity index (χ0n) is 18.7. The molecule has 0 atom stereocenters. The van der Waals surface area contributed by atoms with Crippen molar-refractivity contribution in [2.24, 2.45) is 7.05 Å². The van der Waals surface area contributed by atoms with E-state index in [1.54, 1.807) is 47.7 Å². The van der Waals surface area contributed by atoms with Crippen LogP contribution in [0.25, 0.3) is 16.7 Å². The van der Waals surface area contributed by atoms with Gasteiger partial charge >= 0.3 is 0 Å². The molecule has 7 heteroatoms. The SMILES string of the molecule is COc1ccc(NC(=O)CCc2c(C)c3c(C)nn(-c4ccccc4)c3n(C)c2=O)cc1. The average Bonchev–Trinajstić information content (AvgIpc) is 3.16. The van der Waals surface area contributed by atoms with E-state index in [4.69, 9.17) is 9.84 Å². The number of hydrogen-bond donors (Lipinski definition) is 1. The largest absolute Gasteiger partial charge is 0.497 e. The highest BCUT2D eigenvalue weighted by molar-refractivity contribution is 5.91. The number of aryl methyl sites for hydroxylation is 3. The summed E-state index contributed by atoms with van der Waals surface area (Å²) in [7, 11) is 3.35. The van der Waals surface area contributed by atoms with Crippen LogP contribution in [0.1, 0.15) is 23.2 Å². The van der Waals surface area contributed by atoms with Gasteiger partial charge < -0.3 is 10.1 Å². The highest BCUT2D eigenvalue weighted by Gasteiger charge is 2.20. The van der Waals surface area contributed by atoms with Gasteiger partial charge in [-0.25, -0.2) is 4.68 Å². The number of rotatable bonds is 6. The number of anilines is 1. The molecule has 0 aliphatic carbocycles. The molecule has 7 nitrogen and oxygen atoms in total. The van der Waals surface area contributed by atoms with Crippen LogP contribution in [0.2, 0.25) is 0 Å². The number of aromatic nitrogens is 3. The summed E-state index contributed by atoms with van der Waals surface area (Å²) in [5, 5.41) is 8.51. The minimum atomic E-state index is -0.145. The molecule has 0 aliphatic heterocycles. The van der Waals surface area contributed by atoms with Gasteiger partial charge in [-0.2, -0.15) is 5.10 Å². The number of pyridine rings is 1. The van der Waals surface area contributed by atoms with E-state index < -0.39 is 0 Å². The van der Waals surface area contributed by atoms with E-state index in [-0.39, 0.29) is 17.9 Å². The van der Waals surface area contributed by atoms with E-state index in [9.17, 15) is 9.59 Å². The first-order valence-electron chi connectivity index (χ1n) is 10.5. The summed E-state index contributed by atoms with van der Waals surface area (Å²) in [6.45, 7) is 3.88. The predicted octanol–water partition coefficient (Wildman–Crippen LogP) is 3.92. The van der Waals surface area contributed by atoms with Gasteiger partial charge in [-0.05, 0) is 62.2 Å². The van der Waals surface area contributed by atoms with Crippen LogP contribution < -0.4 is 15.6 Å². The maximum Gasteiger partial charge on any atom is 0.255 e. The Bertz CT molecular complexity index is 1340. The molecule has 4 rings (SSSR count). The van der Waals surface area contributed by atoms with Crippen molar-refractivity contribution in [2.75, 3.05) is 12.4 Å². The molecule has 0 unspecified atom stereocenters. The van der Waals surface area contributed by atoms with Crippen LogP contribution in [0.5, 0.6) is 5.75 Å². The van der Waals surface area contributed by atoms with Gasteiger partial charge in [-0.1, -0.05) is 18.2 Å². The van der Waals surface area contributed by atoms with E-state index in [0.717, 1.165) is 33.7 Å². The van der Waals surface area contributed by atoms with Gasteiger partial charge in [0.15, 0.2) is 0 Å². The molecule has 0 radical (unpaired) electrons. The van der Waals surface area contributed by atoms with Gasteiger partial charge in [0.2, 0.25) is 5.91 Å². The number of nitrogens with zero attached hydrogens (tertiary/aromatic N) is 3. The molecule has 2 aromatic heterocycles. The van der Waals surface area contributed by atoms with Crippen molar-refractivity contribution in [3.63, 3.8) is 0 Å². The lowest BCUT2D eigenvalue weighted by Gasteiger charge is -2.13. The second-order valence-corrected chi connectivity index (χ2v) is 7.78. The number of carbonyl (C=O) groups excluding carboxylic acids is 1. The normalized spacial score (nSPS) is 11.0. The monoisotopic (exact) mass is 430 g/mol. The molecule has 2 heterocycles. The third kappa shape index (κ3) is 3.89. The van der Waals surface area contributed by atoms with Crippen molar-refractivity contribution in [1.29, 1.82) is 0 Å². The summed E-state index contributed by atoms with van der Waals surface area (Å²) in [4.78, 5) is 25.7. The number of fused-ring (bicyclic) bond motifs is 1. The Labute approximate surface area is 186 Å². The minimum absolute atomic E-state index is 0.107. The molecule has 1 N–H and O–H groups in total. The molecule has 0 saturated carbocycles. The predicted molar refractivity (Wildman–Crippen MR) is 126 cm³/mol. The van der Waals surface area contributed by atoms with Gasteiger partial charge in [0.1, 0.15) is 11.4 Å². The molecular weight excluding hydrogens is 404 g/mol. The Morgan fingerprint density at radius 3 is 2.41 bits per heavy atom. The number of carbonyl (C=O) groups is 1. The summed E-state index contributed by atoms with van der Waals surface area (Å²) in [6, 6.07) is 16.9. The second-order valence-electron chi connectivity index (χ2n) is 7.78. The van der Waals surface area contributed by atoms with Gasteiger partial charge in [-0.3, -0.25) is 14.2 Å². The maximum atomic E-state index is 13.2. The summed E-state index contributed by atoms with van der Waals surface area (Å²) in [5.41, 5.74) is 4.59. The zero-order valence-corrected chi connectivity index (χ0v) is 18.7. The summed E-state index contributed by atoms with van der Waals surface area (Å²) in [6.07, 6.45) is 0.561. The molecular formula is C25H26N4O3. The molecule has 164 valence electrons. The van der Waals surface area contributed by atoms with Crippen LogP contribution in [0.15, 0.2) is 59.4 Å². The fraction of sp³-hybridized carbons (Fsp3) is 0.240. The van der Waals surface area contributed by atoms with Crippen LogP contribution in [0.3, 0.4) is 0 Å². The van der Waals surface area contributed by atoms with E-state index in [2.05, 4.69) is 5.32 Å². The van der Waals surface area contributed by atoms with Crippen molar-refractivity contribution in [1.82, 2.24) is 14.3 Å². The summed E-state index contributed by atoms with van der Waals surface area (Å²) < 4.78 is 8.57. The third-order valence-electron chi connectivity index (χ3n) is 5.72. The van der Waals surface area contributed by atoms with Crippen molar-refractivity contribution < 1.29 is 9.53 Å². The van der Waals surface area contributed by atoms with E-state index in [0.29, 0.717) is 17.7 Å². The smallest absolute Gasteiger partial charge is 0.255 e. The molecule has 2 aromatic carbocycles. The number of hydrogen-bond acceptors (Lipinski definition) is 4. The highest BCUT2D eigenvalue weighted by atomic mass is 16.5. The Hall–Kier alpha value is -3.87. The Morgan fingerprint density at radius 1 is 1.06 bits per heavy atom. The number of ether oxygens (including phenoxy) is 1. The lowest BCUT2D eigenvalue weighted by atomic mass is 10.0. The van der Waals surface area contributed by atoms with Crippen LogP contribution in [0, 0.1) is 13.8 Å². The Kier molecular flexibility index (Phi) is 5.81. The van der Waals surface area contributed by atoms with E-state index in [1.807, 2.05) is 44.2 Å². The zero-order chi connectivity index (χ0) is 22.8.